The van der Waals surface area contributed by atoms with Gasteiger partial charge >= 0.3 is 5.97 Å². The van der Waals surface area contributed by atoms with Crippen molar-refractivity contribution in [1.29, 1.82) is 0 Å². The fourth-order valence-electron chi connectivity index (χ4n) is 3.01. The van der Waals surface area contributed by atoms with Gasteiger partial charge in [-0.3, -0.25) is 9.69 Å². The third-order valence-corrected chi connectivity index (χ3v) is 3.88. The number of benzene rings is 1. The van der Waals surface area contributed by atoms with E-state index in [4.69, 9.17) is 0 Å². The van der Waals surface area contributed by atoms with Crippen LogP contribution < -0.4 is 0 Å². The van der Waals surface area contributed by atoms with Crippen molar-refractivity contribution in [1.82, 2.24) is 4.90 Å². The molecule has 1 atom stereocenters. The zero-order chi connectivity index (χ0) is 14.0. The highest BCUT2D eigenvalue weighted by Gasteiger charge is 2.33. The van der Waals surface area contributed by atoms with Gasteiger partial charge in [-0.1, -0.05) is 24.3 Å². The van der Waals surface area contributed by atoms with Crippen molar-refractivity contribution in [2.45, 2.75) is 51.6 Å². The van der Waals surface area contributed by atoms with E-state index in [1.807, 2.05) is 0 Å². The van der Waals surface area contributed by atoms with Crippen LogP contribution in [0, 0.1) is 0 Å². The van der Waals surface area contributed by atoms with Crippen molar-refractivity contribution in [3.8, 4) is 0 Å². The maximum Gasteiger partial charge on any atom is 0.317 e. The minimum absolute atomic E-state index is 0.0997. The van der Waals surface area contributed by atoms with Gasteiger partial charge in [-0.15, -0.1) is 0 Å². The lowest BCUT2D eigenvalue weighted by atomic mass is 9.85. The molecule has 0 spiro atoms. The Bertz CT molecular complexity index is 462. The maximum absolute atomic E-state index is 11.2. The van der Waals surface area contributed by atoms with Crippen molar-refractivity contribution in [2.24, 2.45) is 0 Å². The number of aliphatic carboxylic acids is 1. The quantitative estimate of drug-likeness (QED) is 0.908. The van der Waals surface area contributed by atoms with Crippen LogP contribution in [0.15, 0.2) is 24.3 Å². The van der Waals surface area contributed by atoms with E-state index in [2.05, 4.69) is 49.9 Å². The van der Waals surface area contributed by atoms with Gasteiger partial charge in [-0.25, -0.2) is 0 Å². The molecule has 3 nitrogen and oxygen atoms in total. The van der Waals surface area contributed by atoms with Gasteiger partial charge in [0.25, 0.3) is 0 Å². The summed E-state index contributed by atoms with van der Waals surface area (Å²) in [6.07, 6.45) is 3.28. The average molecular weight is 261 g/mol. The first-order valence-corrected chi connectivity index (χ1v) is 6.96. The Balaban J connectivity index is 2.36. The Morgan fingerprint density at radius 2 is 2.05 bits per heavy atom. The number of rotatable bonds is 3. The standard InChI is InChI=1S/C16H23NO2/c1-16(2,3)17(11-15(18)19)14-10-6-8-12-7-4-5-9-13(12)14/h4-5,7,9,14H,6,8,10-11H2,1-3H3,(H,18,19). The lowest BCUT2D eigenvalue weighted by molar-refractivity contribution is -0.141. The Morgan fingerprint density at radius 1 is 1.37 bits per heavy atom. The fourth-order valence-corrected chi connectivity index (χ4v) is 3.01. The largest absolute Gasteiger partial charge is 0.480 e. The summed E-state index contributed by atoms with van der Waals surface area (Å²) in [7, 11) is 0. The lowest BCUT2D eigenvalue weighted by Gasteiger charge is -2.43. The van der Waals surface area contributed by atoms with E-state index in [0.29, 0.717) is 0 Å². The van der Waals surface area contributed by atoms with E-state index >= 15 is 0 Å². The monoisotopic (exact) mass is 261 g/mol. The van der Waals surface area contributed by atoms with E-state index in [0.717, 1.165) is 19.3 Å². The van der Waals surface area contributed by atoms with Crippen LogP contribution in [0.4, 0.5) is 0 Å². The molecule has 1 unspecified atom stereocenters. The molecule has 0 saturated heterocycles. The molecule has 0 fully saturated rings. The SMILES string of the molecule is CC(C)(C)N(CC(=O)O)C1CCCc2ccccc21. The van der Waals surface area contributed by atoms with E-state index in [-0.39, 0.29) is 18.1 Å². The fraction of sp³-hybridized carbons (Fsp3) is 0.562. The topological polar surface area (TPSA) is 40.5 Å². The predicted octanol–water partition coefficient (Wildman–Crippen LogP) is 3.25. The van der Waals surface area contributed by atoms with Crippen molar-refractivity contribution in [2.75, 3.05) is 6.54 Å². The summed E-state index contributed by atoms with van der Waals surface area (Å²) >= 11 is 0. The molecule has 1 aromatic carbocycles. The lowest BCUT2D eigenvalue weighted by Crippen LogP contribution is -2.47. The van der Waals surface area contributed by atoms with Crippen molar-refractivity contribution < 1.29 is 9.90 Å². The zero-order valence-corrected chi connectivity index (χ0v) is 12.0. The molecule has 19 heavy (non-hydrogen) atoms. The third-order valence-electron chi connectivity index (χ3n) is 3.88. The van der Waals surface area contributed by atoms with Crippen LogP contribution >= 0.6 is 0 Å². The minimum atomic E-state index is -0.752. The van der Waals surface area contributed by atoms with Crippen molar-refractivity contribution in [3.05, 3.63) is 35.4 Å². The molecule has 1 aliphatic carbocycles. The van der Waals surface area contributed by atoms with Crippen molar-refractivity contribution >= 4 is 5.97 Å². The van der Waals surface area contributed by atoms with Gasteiger partial charge in [0.1, 0.15) is 0 Å². The molecule has 0 radical (unpaired) electrons. The molecule has 104 valence electrons. The Morgan fingerprint density at radius 3 is 2.68 bits per heavy atom. The average Bonchev–Trinajstić information content (AvgIpc) is 2.34. The third kappa shape index (κ3) is 3.16. The van der Waals surface area contributed by atoms with Gasteiger partial charge in [0.2, 0.25) is 0 Å². The first-order chi connectivity index (χ1) is 8.89. The summed E-state index contributed by atoms with van der Waals surface area (Å²) in [5, 5.41) is 9.18. The second-order valence-corrected chi connectivity index (χ2v) is 6.30. The molecular weight excluding hydrogens is 238 g/mol. The van der Waals surface area contributed by atoms with Gasteiger partial charge in [0.15, 0.2) is 0 Å². The summed E-state index contributed by atoms with van der Waals surface area (Å²) < 4.78 is 0. The highest BCUT2D eigenvalue weighted by Crippen LogP contribution is 2.37. The summed E-state index contributed by atoms with van der Waals surface area (Å²) in [5.74, 6) is -0.752. The number of hydrogen-bond acceptors (Lipinski definition) is 2. The molecule has 0 bridgehead atoms. The van der Waals surface area contributed by atoms with Crippen LogP contribution in [0.3, 0.4) is 0 Å². The smallest absolute Gasteiger partial charge is 0.317 e. The van der Waals surface area contributed by atoms with E-state index in [9.17, 15) is 9.90 Å². The van der Waals surface area contributed by atoms with Crippen LogP contribution in [-0.4, -0.2) is 28.1 Å². The van der Waals surface area contributed by atoms with Crippen LogP contribution in [-0.2, 0) is 11.2 Å². The summed E-state index contributed by atoms with van der Waals surface area (Å²) in [4.78, 5) is 13.3. The molecule has 0 heterocycles. The molecule has 0 amide bonds. The van der Waals surface area contributed by atoms with E-state index in [1.54, 1.807) is 0 Å². The zero-order valence-electron chi connectivity index (χ0n) is 12.0. The Labute approximate surface area is 115 Å². The van der Waals surface area contributed by atoms with Gasteiger partial charge in [0.05, 0.1) is 6.54 Å². The van der Waals surface area contributed by atoms with Crippen molar-refractivity contribution in [3.63, 3.8) is 0 Å². The molecule has 1 aromatic rings. The second kappa shape index (κ2) is 5.33. The van der Waals surface area contributed by atoms with Crippen LogP contribution in [0.1, 0.15) is 50.8 Å². The van der Waals surface area contributed by atoms with Crippen LogP contribution in [0.25, 0.3) is 0 Å². The number of carboxylic acid groups (broad SMARTS) is 1. The molecule has 0 saturated carbocycles. The highest BCUT2D eigenvalue weighted by atomic mass is 16.4. The molecule has 1 N–H and O–H groups in total. The number of aryl methyl sites for hydroxylation is 1. The number of carboxylic acids is 1. The predicted molar refractivity (Wildman–Crippen MR) is 76.2 cm³/mol. The number of nitrogens with zero attached hydrogens (tertiary/aromatic N) is 1. The van der Waals surface area contributed by atoms with E-state index in [1.165, 1.54) is 11.1 Å². The second-order valence-electron chi connectivity index (χ2n) is 6.30. The molecule has 3 heteroatoms. The maximum atomic E-state index is 11.2. The van der Waals surface area contributed by atoms with Crippen LogP contribution in [0.2, 0.25) is 0 Å². The van der Waals surface area contributed by atoms with E-state index < -0.39 is 5.97 Å². The molecule has 2 rings (SSSR count). The van der Waals surface area contributed by atoms with Gasteiger partial charge in [0, 0.05) is 11.6 Å². The molecule has 0 aromatic heterocycles. The first kappa shape index (κ1) is 14.1. The molecule has 1 aliphatic rings. The van der Waals surface area contributed by atoms with Gasteiger partial charge < -0.3 is 5.11 Å². The number of fused-ring (bicyclic) bond motifs is 1. The first-order valence-electron chi connectivity index (χ1n) is 6.96. The summed E-state index contributed by atoms with van der Waals surface area (Å²) in [5.41, 5.74) is 2.54. The number of hydrogen-bond donors (Lipinski definition) is 1. The summed E-state index contributed by atoms with van der Waals surface area (Å²) in [6, 6.07) is 8.67. The highest BCUT2D eigenvalue weighted by molar-refractivity contribution is 5.69. The number of carbonyl (C=O) groups is 1. The minimum Gasteiger partial charge on any atom is -0.480 e. The summed E-state index contributed by atoms with van der Waals surface area (Å²) in [6.45, 7) is 6.37. The molecular formula is C16H23NO2. The Hall–Kier alpha value is -1.35. The van der Waals surface area contributed by atoms with Gasteiger partial charge in [-0.2, -0.15) is 0 Å². The van der Waals surface area contributed by atoms with Crippen LogP contribution in [0.5, 0.6) is 0 Å². The van der Waals surface area contributed by atoms with Gasteiger partial charge in [-0.05, 0) is 51.2 Å². The normalized spacial score (nSPS) is 19.3. The molecule has 0 aliphatic heterocycles. The Kier molecular flexibility index (Phi) is 3.95.